The van der Waals surface area contributed by atoms with Crippen LogP contribution < -0.4 is 0 Å². The third kappa shape index (κ3) is 4.09. The lowest BCUT2D eigenvalue weighted by atomic mass is 9.95. The van der Waals surface area contributed by atoms with E-state index in [0.29, 0.717) is 12.1 Å². The van der Waals surface area contributed by atoms with Crippen molar-refractivity contribution in [1.29, 1.82) is 5.26 Å². The molecule has 0 aliphatic carbocycles. The maximum atomic E-state index is 9.28. The van der Waals surface area contributed by atoms with Gasteiger partial charge in [-0.2, -0.15) is 5.26 Å². The molecule has 0 radical (unpaired) electrons. The van der Waals surface area contributed by atoms with Crippen molar-refractivity contribution in [1.82, 2.24) is 9.55 Å². The number of nitrogens with zero attached hydrogens (tertiary/aromatic N) is 3. The van der Waals surface area contributed by atoms with Gasteiger partial charge in [0.25, 0.3) is 0 Å². The molecule has 0 bridgehead atoms. The fraction of sp³-hybridized carbons (Fsp3) is 0.444. The number of unbranched alkanes of at least 4 members (excludes halogenated alkanes) is 1. The minimum absolute atomic E-state index is 0.283. The number of hydrogen-bond donors (Lipinski definition) is 0. The van der Waals surface area contributed by atoms with Crippen LogP contribution in [0.1, 0.15) is 49.9 Å². The number of imidazole rings is 1. The molecule has 1 atom stereocenters. The molecule has 1 aromatic heterocycles. The first-order valence-electron chi connectivity index (χ1n) is 8.27. The van der Waals surface area contributed by atoms with Gasteiger partial charge in [-0.15, -0.1) is 0 Å². The molecule has 0 N–H and O–H groups in total. The van der Waals surface area contributed by atoms with Crippen molar-refractivity contribution in [3.05, 3.63) is 53.6 Å². The van der Waals surface area contributed by atoms with Gasteiger partial charge in [-0.05, 0) is 25.0 Å². The van der Waals surface area contributed by atoms with Crippen LogP contribution in [0.5, 0.6) is 0 Å². The smallest absolute Gasteiger partial charge is 0.159 e. The minimum atomic E-state index is -0.533. The number of nitriles is 1. The zero-order valence-corrected chi connectivity index (χ0v) is 15.7. The van der Waals surface area contributed by atoms with Gasteiger partial charge in [0.05, 0.1) is 42.0 Å². The van der Waals surface area contributed by atoms with Gasteiger partial charge in [-0.3, -0.25) is 0 Å². The second-order valence-electron chi connectivity index (χ2n) is 5.94. The van der Waals surface area contributed by atoms with Crippen molar-refractivity contribution >= 4 is 9.76 Å². The van der Waals surface area contributed by atoms with E-state index < -0.39 is 9.76 Å². The molecule has 122 valence electrons. The van der Waals surface area contributed by atoms with Crippen LogP contribution in [0.25, 0.3) is 0 Å². The Kier molecular flexibility index (Phi) is 6.14. The number of benzene rings is 1. The summed E-state index contributed by atoms with van der Waals surface area (Å²) in [5, 5.41) is 9.28. The summed E-state index contributed by atoms with van der Waals surface area (Å²) in [7, 11) is -0.533. The summed E-state index contributed by atoms with van der Waals surface area (Å²) in [6, 6.07) is 10.00. The maximum absolute atomic E-state index is 9.28. The molecule has 0 aliphatic heterocycles. The van der Waals surface area contributed by atoms with Crippen molar-refractivity contribution in [2.45, 2.75) is 51.8 Å². The average molecular weight is 328 g/mol. The first-order chi connectivity index (χ1) is 11.1. The average Bonchev–Trinajstić information content (AvgIpc) is 3.03. The monoisotopic (exact) mass is 327 g/mol. The van der Waals surface area contributed by atoms with Crippen LogP contribution >= 0.6 is 0 Å². The minimum Gasteiger partial charge on any atom is -0.413 e. The molecule has 23 heavy (non-hydrogen) atoms. The van der Waals surface area contributed by atoms with Crippen LogP contribution in [0.15, 0.2) is 36.8 Å². The highest BCUT2D eigenvalue weighted by molar-refractivity contribution is 6.25. The quantitative estimate of drug-likeness (QED) is 0.699. The standard InChI is InChI=1S/C18H25N3OSi/c1-4-5-10-18(2,22-23-3)17-12-20-14-21(17)13-16-9-7-6-8-15(16)11-19/h6-9,12,14H,4-5,10,13,23H2,1-3H3. The summed E-state index contributed by atoms with van der Waals surface area (Å²) in [5.74, 6) is 0. The maximum Gasteiger partial charge on any atom is 0.159 e. The molecule has 0 fully saturated rings. The second kappa shape index (κ2) is 8.09. The molecule has 1 heterocycles. The Hall–Kier alpha value is -1.90. The van der Waals surface area contributed by atoms with Crippen molar-refractivity contribution in [3.63, 3.8) is 0 Å². The fourth-order valence-electron chi connectivity index (χ4n) is 2.94. The summed E-state index contributed by atoms with van der Waals surface area (Å²) >= 11 is 0. The molecule has 2 rings (SSSR count). The Labute approximate surface area is 141 Å². The Morgan fingerprint density at radius 3 is 2.87 bits per heavy atom. The summed E-state index contributed by atoms with van der Waals surface area (Å²) < 4.78 is 8.34. The predicted molar refractivity (Wildman–Crippen MR) is 94.9 cm³/mol. The van der Waals surface area contributed by atoms with Crippen molar-refractivity contribution in [3.8, 4) is 6.07 Å². The van der Waals surface area contributed by atoms with E-state index in [2.05, 4.69) is 36.0 Å². The van der Waals surface area contributed by atoms with Gasteiger partial charge >= 0.3 is 0 Å². The van der Waals surface area contributed by atoms with E-state index in [4.69, 9.17) is 4.43 Å². The number of rotatable bonds is 8. The van der Waals surface area contributed by atoms with Gasteiger partial charge in [-0.1, -0.05) is 44.5 Å². The van der Waals surface area contributed by atoms with Crippen LogP contribution in [-0.4, -0.2) is 19.3 Å². The molecule has 0 spiro atoms. The summed E-state index contributed by atoms with van der Waals surface area (Å²) in [6.07, 6.45) is 7.03. The van der Waals surface area contributed by atoms with Crippen molar-refractivity contribution in [2.75, 3.05) is 0 Å². The molecule has 1 unspecified atom stereocenters. The van der Waals surface area contributed by atoms with E-state index in [0.717, 1.165) is 30.5 Å². The Morgan fingerprint density at radius 2 is 2.17 bits per heavy atom. The van der Waals surface area contributed by atoms with Crippen LogP contribution in [0, 0.1) is 11.3 Å². The number of aromatic nitrogens is 2. The SMILES string of the molecule is CCCCC(C)(O[SiH2]C)c1cncn1Cc1ccccc1C#N. The van der Waals surface area contributed by atoms with Gasteiger partial charge in [0.2, 0.25) is 0 Å². The van der Waals surface area contributed by atoms with Gasteiger partial charge < -0.3 is 8.99 Å². The molecular weight excluding hydrogens is 302 g/mol. The molecular formula is C18H25N3OSi. The normalized spacial score (nSPS) is 14.0. The van der Waals surface area contributed by atoms with Crippen LogP contribution in [0.3, 0.4) is 0 Å². The topological polar surface area (TPSA) is 50.8 Å². The molecule has 5 heteroatoms. The van der Waals surface area contributed by atoms with Crippen LogP contribution in [0.4, 0.5) is 0 Å². The molecule has 1 aromatic carbocycles. The molecule has 0 saturated heterocycles. The second-order valence-corrected chi connectivity index (χ2v) is 6.81. The largest absolute Gasteiger partial charge is 0.413 e. The van der Waals surface area contributed by atoms with E-state index in [1.165, 1.54) is 0 Å². The molecule has 4 nitrogen and oxygen atoms in total. The van der Waals surface area contributed by atoms with E-state index in [-0.39, 0.29) is 5.60 Å². The highest BCUT2D eigenvalue weighted by atomic mass is 28.2. The highest BCUT2D eigenvalue weighted by Crippen LogP contribution is 2.31. The summed E-state index contributed by atoms with van der Waals surface area (Å²) in [5.41, 5.74) is 2.55. The first-order valence-corrected chi connectivity index (χ1v) is 10.3. The van der Waals surface area contributed by atoms with Crippen LogP contribution in [-0.2, 0) is 16.6 Å². The fourth-order valence-corrected chi connectivity index (χ4v) is 3.87. The van der Waals surface area contributed by atoms with Gasteiger partial charge in [0.1, 0.15) is 0 Å². The summed E-state index contributed by atoms with van der Waals surface area (Å²) in [6.45, 7) is 7.18. The lowest BCUT2D eigenvalue weighted by Gasteiger charge is -2.31. The van der Waals surface area contributed by atoms with Crippen molar-refractivity contribution < 1.29 is 4.43 Å². The third-order valence-corrected chi connectivity index (χ3v) is 5.13. The third-order valence-electron chi connectivity index (χ3n) is 4.20. The zero-order chi connectivity index (χ0) is 16.7. The van der Waals surface area contributed by atoms with E-state index in [9.17, 15) is 5.26 Å². The molecule has 0 saturated carbocycles. The van der Waals surface area contributed by atoms with Crippen LogP contribution in [0.2, 0.25) is 6.55 Å². The Morgan fingerprint density at radius 1 is 1.39 bits per heavy atom. The van der Waals surface area contributed by atoms with E-state index >= 15 is 0 Å². The Balaban J connectivity index is 2.32. The lowest BCUT2D eigenvalue weighted by Crippen LogP contribution is -2.30. The highest BCUT2D eigenvalue weighted by Gasteiger charge is 2.29. The van der Waals surface area contributed by atoms with Crippen molar-refractivity contribution in [2.24, 2.45) is 0 Å². The lowest BCUT2D eigenvalue weighted by molar-refractivity contribution is 0.0720. The Bertz CT molecular complexity index is 677. The van der Waals surface area contributed by atoms with Gasteiger partial charge in [0.15, 0.2) is 9.76 Å². The van der Waals surface area contributed by atoms with E-state index in [1.807, 2.05) is 36.8 Å². The van der Waals surface area contributed by atoms with Gasteiger partial charge in [0, 0.05) is 0 Å². The molecule has 2 aromatic rings. The molecule has 0 amide bonds. The first kappa shape index (κ1) is 17.5. The molecule has 0 aliphatic rings. The predicted octanol–water partition coefficient (Wildman–Crippen LogP) is 3.36. The van der Waals surface area contributed by atoms with E-state index in [1.54, 1.807) is 0 Å². The van der Waals surface area contributed by atoms with Gasteiger partial charge in [-0.25, -0.2) is 4.98 Å². The summed E-state index contributed by atoms with van der Waals surface area (Å²) in [4.78, 5) is 4.35. The number of hydrogen-bond acceptors (Lipinski definition) is 3. The zero-order valence-electron chi connectivity index (χ0n) is 14.2.